The molecule has 2 aliphatic heterocycles. The van der Waals surface area contributed by atoms with Gasteiger partial charge in [-0.1, -0.05) is 112 Å². The van der Waals surface area contributed by atoms with E-state index in [0.717, 1.165) is 22.3 Å². The van der Waals surface area contributed by atoms with Gasteiger partial charge in [-0.25, -0.2) is 20.1 Å². The summed E-state index contributed by atoms with van der Waals surface area (Å²) >= 11 is 0. The maximum atomic E-state index is 13.2. The smallest absolute Gasteiger partial charge is 0.322 e. The molecule has 0 radical (unpaired) electrons. The Kier molecular flexibility index (Phi) is 25.1. The number of nitrogens with two attached hydrogens (primary N) is 3. The molecule has 0 saturated heterocycles. The van der Waals surface area contributed by atoms with Crippen LogP contribution in [0.2, 0.25) is 0 Å². The third kappa shape index (κ3) is 18.8. The van der Waals surface area contributed by atoms with Crippen molar-refractivity contribution >= 4 is 79.2 Å². The van der Waals surface area contributed by atoms with Crippen LogP contribution in [0, 0.1) is 47.4 Å². The molecule has 0 spiro atoms. The number of fused-ring (bicyclic) bond motifs is 4. The predicted octanol–water partition coefficient (Wildman–Crippen LogP) is 0.501. The number of carbonyl (C=O) groups excluding carboxylic acids is 7. The second-order valence-electron chi connectivity index (χ2n) is 18.5. The summed E-state index contributed by atoms with van der Waals surface area (Å²) in [5.41, 5.74) is 21.3. The van der Waals surface area contributed by atoms with Crippen LogP contribution >= 0.6 is 0 Å². The average Bonchev–Trinajstić information content (AvgIpc) is 3.49. The standard InChI is InChI=1S/C27H31N5O8S.C21H22N4O6S.C6H11NO3/c1-17(24(28)33)18(2)25(34)31-15-23(41(38,39)40-37)26(35)29-13-14-30-27(36)32-16-21-9-4-3-7-19(21)11-12-20-8-5-6-10-22(20)32;22-13-19(32(29,30)31-28)20(26)23-11-12-24-21(27)25-14-17-7-2-1-5-15(17)9-10-16-6-3-4-8-18(16)25;1-3(5(7)8)4(2)6(9)10/h3-10,17-18,23,37H,13-16H2,1-2H3,(H2,28,33)(H,29,35)(H,30,36)(H,31,34);1-8,19,28H,11-14,22H2,(H,23,26)(H,24,27);3-4H,1-2H3,(H2,7,8)(H,9,10). The minimum Gasteiger partial charge on any atom is -0.481 e. The molecule has 6 rings (SSSR count). The maximum absolute atomic E-state index is 13.2. The Hall–Kier alpha value is -8.94. The van der Waals surface area contributed by atoms with E-state index in [1.165, 1.54) is 32.6 Å². The van der Waals surface area contributed by atoms with Crippen molar-refractivity contribution < 1.29 is 79.5 Å². The number of urea groups is 2. The molecule has 14 N–H and O–H groups in total. The number of nitrogens with zero attached hydrogens (tertiary/aromatic N) is 2. The molecule has 0 fully saturated rings. The van der Waals surface area contributed by atoms with Crippen molar-refractivity contribution in [3.63, 3.8) is 0 Å². The van der Waals surface area contributed by atoms with Crippen LogP contribution in [-0.4, -0.2) is 130 Å². The first-order chi connectivity index (χ1) is 39.3. The van der Waals surface area contributed by atoms with Gasteiger partial charge in [0.05, 0.1) is 30.4 Å². The van der Waals surface area contributed by atoms with Crippen molar-refractivity contribution in [2.24, 2.45) is 40.9 Å². The van der Waals surface area contributed by atoms with Gasteiger partial charge in [0.25, 0.3) is 0 Å². The number of aliphatic carboxylic acids is 1. The zero-order chi connectivity index (χ0) is 61.6. The Balaban J connectivity index is 0.000000312. The Morgan fingerprint density at radius 2 is 0.855 bits per heavy atom. The van der Waals surface area contributed by atoms with E-state index in [2.05, 4.69) is 58.9 Å². The van der Waals surface area contributed by atoms with Crippen molar-refractivity contribution in [3.05, 3.63) is 130 Å². The summed E-state index contributed by atoms with van der Waals surface area (Å²) in [5, 5.41) is 34.2. The Labute approximate surface area is 478 Å². The van der Waals surface area contributed by atoms with Crippen LogP contribution in [-0.2, 0) is 70.8 Å². The Bertz CT molecular complexity index is 3380. The minimum atomic E-state index is -4.83. The summed E-state index contributed by atoms with van der Waals surface area (Å²) in [7, 11) is -9.37. The van der Waals surface area contributed by atoms with Crippen molar-refractivity contribution in [2.75, 3.05) is 49.1 Å². The van der Waals surface area contributed by atoms with Crippen molar-refractivity contribution in [2.45, 2.75) is 51.3 Å². The van der Waals surface area contributed by atoms with E-state index in [-0.39, 0.29) is 32.7 Å². The monoisotopic (exact) mass is 1190 g/mol. The number of carbonyl (C=O) groups is 8. The molecule has 0 aromatic heterocycles. The Morgan fingerprint density at radius 3 is 1.24 bits per heavy atom. The fraction of sp³-hybridized carbons (Fsp3) is 0.333. The van der Waals surface area contributed by atoms with Gasteiger partial charge >= 0.3 is 38.3 Å². The van der Waals surface area contributed by atoms with Gasteiger partial charge in [-0.05, 0) is 47.5 Å². The van der Waals surface area contributed by atoms with Crippen LogP contribution in [0.15, 0.2) is 97.1 Å². The largest absolute Gasteiger partial charge is 0.481 e. The van der Waals surface area contributed by atoms with E-state index in [0.29, 0.717) is 29.0 Å². The molecule has 27 nitrogen and oxygen atoms in total. The van der Waals surface area contributed by atoms with Gasteiger partial charge in [0.15, 0.2) is 10.5 Å². The normalized spacial score (nSPS) is 14.2. The number of anilines is 2. The van der Waals surface area contributed by atoms with Crippen LogP contribution in [0.3, 0.4) is 0 Å². The number of hydrogen-bond donors (Lipinski definition) is 11. The van der Waals surface area contributed by atoms with Gasteiger partial charge in [0, 0.05) is 79.3 Å². The van der Waals surface area contributed by atoms with E-state index in [1.807, 2.05) is 72.8 Å². The lowest BCUT2D eigenvalue weighted by Gasteiger charge is -2.26. The number of carboxylic acid groups (broad SMARTS) is 1. The number of carboxylic acids is 1. The van der Waals surface area contributed by atoms with E-state index < -0.39 is 115 Å². The summed E-state index contributed by atoms with van der Waals surface area (Å²) in [6, 6.07) is 28.5. The first-order valence-electron chi connectivity index (χ1n) is 25.3. The zero-order valence-corrected chi connectivity index (χ0v) is 47.0. The Morgan fingerprint density at radius 1 is 0.506 bits per heavy atom. The highest BCUT2D eigenvalue weighted by molar-refractivity contribution is 7.88. The maximum Gasteiger partial charge on any atom is 0.322 e. The SMILES string of the molecule is CC(C(N)=O)C(C)C(=O)NCC(C(=O)NCCNC(=O)N1Cc2ccccc2C#Cc2ccccc21)S(=O)(=O)OO.CC(C(N)=O)C(C)C(=O)O.NCC(C(=O)NCCNC(=O)N1Cc2ccccc2C#Cc2ccccc21)S(=O)(=O)OO. The molecule has 0 saturated carbocycles. The molecule has 444 valence electrons. The summed E-state index contributed by atoms with van der Waals surface area (Å²) < 4.78 is 54.2. The van der Waals surface area contributed by atoms with E-state index in [4.69, 9.17) is 32.8 Å². The number of amides is 9. The molecule has 0 bridgehead atoms. The third-order valence-electron chi connectivity index (χ3n) is 13.0. The van der Waals surface area contributed by atoms with Gasteiger partial charge in [0.1, 0.15) is 0 Å². The fourth-order valence-electron chi connectivity index (χ4n) is 7.53. The van der Waals surface area contributed by atoms with Gasteiger partial charge in [-0.15, -0.1) is 8.67 Å². The van der Waals surface area contributed by atoms with Crippen molar-refractivity contribution in [3.8, 4) is 23.7 Å². The molecule has 4 aromatic rings. The quantitative estimate of drug-likeness (QED) is 0.0234. The molecule has 6 unspecified atom stereocenters. The lowest BCUT2D eigenvalue weighted by atomic mass is 9.94. The fourth-order valence-corrected chi connectivity index (χ4v) is 8.96. The molecular formula is C54H64N10O17S2. The topological polar surface area (TPSA) is 429 Å². The molecule has 6 atom stereocenters. The molecule has 0 aliphatic carbocycles. The summed E-state index contributed by atoms with van der Waals surface area (Å²) in [6.45, 7) is 4.70. The number of rotatable bonds is 21. The number of benzene rings is 4. The van der Waals surface area contributed by atoms with E-state index in [1.54, 1.807) is 29.2 Å². The van der Waals surface area contributed by atoms with Gasteiger partial charge in [-0.2, -0.15) is 16.8 Å². The summed E-state index contributed by atoms with van der Waals surface area (Å²) in [6.07, 6.45) is 0. The highest BCUT2D eigenvalue weighted by Crippen LogP contribution is 2.27. The summed E-state index contributed by atoms with van der Waals surface area (Å²) in [4.78, 5) is 98.2. The molecule has 83 heavy (non-hydrogen) atoms. The molecule has 29 heteroatoms. The predicted molar refractivity (Wildman–Crippen MR) is 300 cm³/mol. The second-order valence-corrected chi connectivity index (χ2v) is 21.9. The highest BCUT2D eigenvalue weighted by atomic mass is 32.2. The summed E-state index contributed by atoms with van der Waals surface area (Å²) in [5.74, 6) is 4.33. The molecule has 9 amide bonds. The number of para-hydroxylation sites is 2. The third-order valence-corrected chi connectivity index (χ3v) is 15.6. The first kappa shape index (κ1) is 66.6. The van der Waals surface area contributed by atoms with Crippen LogP contribution in [0.4, 0.5) is 21.0 Å². The van der Waals surface area contributed by atoms with E-state index in [9.17, 15) is 55.2 Å². The molecule has 2 heterocycles. The van der Waals surface area contributed by atoms with Crippen LogP contribution in [0.25, 0.3) is 0 Å². The average molecular weight is 1190 g/mol. The lowest BCUT2D eigenvalue weighted by molar-refractivity contribution is -0.145. The van der Waals surface area contributed by atoms with Gasteiger partial charge < -0.3 is 48.9 Å². The van der Waals surface area contributed by atoms with Crippen molar-refractivity contribution in [1.82, 2.24) is 26.6 Å². The van der Waals surface area contributed by atoms with Crippen LogP contribution in [0.1, 0.15) is 61.1 Å². The van der Waals surface area contributed by atoms with Crippen LogP contribution in [0.5, 0.6) is 0 Å². The van der Waals surface area contributed by atoms with Crippen molar-refractivity contribution in [1.29, 1.82) is 0 Å². The van der Waals surface area contributed by atoms with E-state index >= 15 is 0 Å². The minimum absolute atomic E-state index is 0.0217. The molecule has 2 aliphatic rings. The number of primary amides is 2. The zero-order valence-electron chi connectivity index (χ0n) is 45.4. The second kappa shape index (κ2) is 31.3. The van der Waals surface area contributed by atoms with Gasteiger partial charge in [0.2, 0.25) is 29.5 Å². The van der Waals surface area contributed by atoms with Gasteiger partial charge in [-0.3, -0.25) is 38.6 Å². The number of nitrogens with one attached hydrogen (secondary N) is 5. The molecular weight excluding hydrogens is 1120 g/mol. The lowest BCUT2D eigenvalue weighted by Crippen LogP contribution is -2.50. The highest BCUT2D eigenvalue weighted by Gasteiger charge is 2.36. The van der Waals surface area contributed by atoms with Crippen LogP contribution < -0.4 is 53.6 Å². The first-order valence-corrected chi connectivity index (χ1v) is 28.2. The number of hydrogen-bond acceptors (Lipinski definition) is 17. The molecule has 4 aromatic carbocycles.